The molecule has 0 fully saturated rings. The van der Waals surface area contributed by atoms with Crippen LogP contribution in [0, 0.1) is 26.2 Å². The number of amides is 1. The molecule has 264 valence electrons. The van der Waals surface area contributed by atoms with Gasteiger partial charge in [-0.15, -0.1) is 0 Å². The second kappa shape index (κ2) is 14.4. The number of pyridine rings is 1. The Morgan fingerprint density at radius 3 is 2.46 bits per heavy atom. The number of ether oxygens (including phenoxy) is 1. The molecule has 0 saturated heterocycles. The maximum atomic E-state index is 13.5. The van der Waals surface area contributed by atoms with Crippen molar-refractivity contribution in [3.63, 3.8) is 0 Å². The zero-order chi connectivity index (χ0) is 36.4. The Labute approximate surface area is 291 Å². The van der Waals surface area contributed by atoms with Gasteiger partial charge in [0, 0.05) is 12.7 Å². The standard InChI is InChI=1S/C37H43N5O7S/c1-22-23(2)32(24(3)28-16-17-37(4,5)49-31(22)28)50(47,48)41-36(38)39-18-8-13-30(35(45)46)40-33(43)29-12-9-19-42(34(29)44)21-25-14-15-26-10-6-7-11-27(26)20-25/h6-7,9-12,14-15,19-20,30H,8,13,16-18,21H2,1-5H3,(H,40,43)(H,45,46)(H3,38,39,41)/t30-/m0/s1. The molecule has 0 radical (unpaired) electrons. The number of hydrogen-bond acceptors (Lipinski definition) is 7. The SMILES string of the molecule is Cc1c(C)c(S(=O)(=O)NC(=N)NCCC[C@H](NC(=O)c2cccn(Cc3ccc4ccccc4c3)c2=O)C(=O)O)c(C)c2c1OC(C)(C)CC2. The third-order valence-electron chi connectivity index (χ3n) is 9.18. The van der Waals surface area contributed by atoms with Crippen LogP contribution in [0.5, 0.6) is 5.75 Å². The molecule has 1 atom stereocenters. The topological polar surface area (TPSA) is 180 Å². The average molecular weight is 702 g/mol. The lowest BCUT2D eigenvalue weighted by atomic mass is 9.88. The summed E-state index contributed by atoms with van der Waals surface area (Å²) in [5, 5.41) is 25.2. The van der Waals surface area contributed by atoms with E-state index in [1.54, 1.807) is 26.1 Å². The Balaban J connectivity index is 1.17. The van der Waals surface area contributed by atoms with Crippen molar-refractivity contribution in [1.29, 1.82) is 5.41 Å². The maximum Gasteiger partial charge on any atom is 0.326 e. The summed E-state index contributed by atoms with van der Waals surface area (Å²) in [6, 6.07) is 15.3. The van der Waals surface area contributed by atoms with E-state index < -0.39 is 39.5 Å². The molecule has 1 aromatic heterocycles. The molecule has 13 heteroatoms. The van der Waals surface area contributed by atoms with Crippen molar-refractivity contribution in [2.45, 2.75) is 83.4 Å². The monoisotopic (exact) mass is 701 g/mol. The molecule has 1 aliphatic rings. The summed E-state index contributed by atoms with van der Waals surface area (Å²) in [5.74, 6) is -1.86. The molecule has 0 spiro atoms. The molecule has 1 amide bonds. The van der Waals surface area contributed by atoms with Gasteiger partial charge in [0.25, 0.3) is 21.5 Å². The minimum Gasteiger partial charge on any atom is -0.487 e. The summed E-state index contributed by atoms with van der Waals surface area (Å²) in [6.45, 7) is 9.57. The van der Waals surface area contributed by atoms with Crippen LogP contribution >= 0.6 is 0 Å². The van der Waals surface area contributed by atoms with E-state index in [9.17, 15) is 27.9 Å². The first-order valence-corrected chi connectivity index (χ1v) is 17.9. The fraction of sp³-hybridized carbons (Fsp3) is 0.351. The van der Waals surface area contributed by atoms with Crippen LogP contribution in [0.15, 0.2) is 70.5 Å². The third-order valence-corrected chi connectivity index (χ3v) is 10.8. The highest BCUT2D eigenvalue weighted by Gasteiger charge is 2.34. The fourth-order valence-corrected chi connectivity index (χ4v) is 7.88. The molecule has 4 aromatic rings. The molecule has 3 aromatic carbocycles. The van der Waals surface area contributed by atoms with Gasteiger partial charge in [0.05, 0.1) is 11.4 Å². The van der Waals surface area contributed by atoms with E-state index in [0.717, 1.165) is 33.9 Å². The van der Waals surface area contributed by atoms with Crippen molar-refractivity contribution < 1.29 is 27.9 Å². The normalized spacial score (nSPS) is 14.3. The number of rotatable bonds is 11. The van der Waals surface area contributed by atoms with Gasteiger partial charge in [0.1, 0.15) is 23.0 Å². The van der Waals surface area contributed by atoms with Crippen LogP contribution in [0.25, 0.3) is 10.8 Å². The van der Waals surface area contributed by atoms with E-state index in [1.165, 1.54) is 10.6 Å². The van der Waals surface area contributed by atoms with E-state index in [4.69, 9.17) is 10.1 Å². The molecule has 0 bridgehead atoms. The first-order valence-electron chi connectivity index (χ1n) is 16.5. The smallest absolute Gasteiger partial charge is 0.326 e. The number of carbonyl (C=O) groups excluding carboxylic acids is 1. The number of nitrogens with one attached hydrogen (secondary N) is 4. The maximum absolute atomic E-state index is 13.5. The summed E-state index contributed by atoms with van der Waals surface area (Å²) in [7, 11) is -4.13. The predicted octanol–water partition coefficient (Wildman–Crippen LogP) is 4.54. The predicted molar refractivity (Wildman–Crippen MR) is 192 cm³/mol. The van der Waals surface area contributed by atoms with E-state index >= 15 is 0 Å². The number of hydrogen-bond donors (Lipinski definition) is 5. The molecule has 0 aliphatic carbocycles. The van der Waals surface area contributed by atoms with E-state index in [-0.39, 0.29) is 42.0 Å². The van der Waals surface area contributed by atoms with Gasteiger partial charge in [-0.3, -0.25) is 15.0 Å². The van der Waals surface area contributed by atoms with Crippen LogP contribution in [-0.2, 0) is 27.8 Å². The van der Waals surface area contributed by atoms with Gasteiger partial charge >= 0.3 is 5.97 Å². The Hall–Kier alpha value is -5.17. The molecule has 12 nitrogen and oxygen atoms in total. The van der Waals surface area contributed by atoms with Gasteiger partial charge in [-0.05, 0) is 117 Å². The van der Waals surface area contributed by atoms with E-state index in [1.807, 2.05) is 63.2 Å². The largest absolute Gasteiger partial charge is 0.487 e. The van der Waals surface area contributed by atoms with Crippen LogP contribution in [0.3, 0.4) is 0 Å². The summed E-state index contributed by atoms with van der Waals surface area (Å²) in [4.78, 5) is 38.4. The fourth-order valence-electron chi connectivity index (χ4n) is 6.35. The summed E-state index contributed by atoms with van der Waals surface area (Å²) >= 11 is 0. The lowest BCUT2D eigenvalue weighted by Crippen LogP contribution is -2.44. The van der Waals surface area contributed by atoms with Gasteiger partial charge in [-0.2, -0.15) is 0 Å². The van der Waals surface area contributed by atoms with E-state index in [2.05, 4.69) is 15.4 Å². The van der Waals surface area contributed by atoms with Crippen molar-refractivity contribution in [3.05, 3.63) is 105 Å². The Morgan fingerprint density at radius 2 is 1.74 bits per heavy atom. The number of nitrogens with zero attached hydrogens (tertiary/aromatic N) is 1. The average Bonchev–Trinajstić information content (AvgIpc) is 3.05. The molecule has 0 saturated carbocycles. The zero-order valence-corrected chi connectivity index (χ0v) is 29.7. The highest BCUT2D eigenvalue weighted by Crippen LogP contribution is 2.42. The first-order chi connectivity index (χ1) is 23.6. The second-order valence-electron chi connectivity index (χ2n) is 13.3. The van der Waals surface area contributed by atoms with Crippen LogP contribution < -0.4 is 25.7 Å². The highest BCUT2D eigenvalue weighted by molar-refractivity contribution is 7.90. The van der Waals surface area contributed by atoms with Crippen LogP contribution in [-0.4, -0.2) is 54.1 Å². The van der Waals surface area contributed by atoms with Crippen LogP contribution in [0.2, 0.25) is 0 Å². The molecule has 50 heavy (non-hydrogen) atoms. The van der Waals surface area contributed by atoms with Gasteiger partial charge in [0.2, 0.25) is 5.96 Å². The third kappa shape index (κ3) is 7.83. The van der Waals surface area contributed by atoms with Crippen LogP contribution in [0.4, 0.5) is 0 Å². The number of benzene rings is 3. The molecule has 1 aliphatic heterocycles. The van der Waals surface area contributed by atoms with Crippen molar-refractivity contribution in [3.8, 4) is 5.75 Å². The number of carboxylic acid groups (broad SMARTS) is 1. The molecule has 2 heterocycles. The lowest BCUT2D eigenvalue weighted by molar-refractivity contribution is -0.139. The highest BCUT2D eigenvalue weighted by atomic mass is 32.2. The van der Waals surface area contributed by atoms with Crippen molar-refractivity contribution in [1.82, 2.24) is 19.9 Å². The van der Waals surface area contributed by atoms with Gasteiger partial charge in [0.15, 0.2) is 0 Å². The Morgan fingerprint density at radius 1 is 1.02 bits per heavy atom. The summed E-state index contributed by atoms with van der Waals surface area (Å²) in [6.07, 6.45) is 3.11. The van der Waals surface area contributed by atoms with Crippen molar-refractivity contribution in [2.75, 3.05) is 6.54 Å². The molecule has 5 N–H and O–H groups in total. The zero-order valence-electron chi connectivity index (χ0n) is 28.8. The lowest BCUT2D eigenvalue weighted by Gasteiger charge is -2.35. The minimum atomic E-state index is -4.13. The number of fused-ring (bicyclic) bond motifs is 2. The number of aliphatic carboxylic acids is 1. The van der Waals surface area contributed by atoms with Gasteiger partial charge < -0.3 is 25.0 Å². The molecule has 5 rings (SSSR count). The van der Waals surface area contributed by atoms with Crippen molar-refractivity contribution >= 4 is 38.6 Å². The van der Waals surface area contributed by atoms with Gasteiger partial charge in [-0.1, -0.05) is 36.4 Å². The van der Waals surface area contributed by atoms with Crippen molar-refractivity contribution in [2.24, 2.45) is 0 Å². The number of guanidine groups is 1. The number of carboxylic acids is 1. The quantitative estimate of drug-likeness (QED) is 0.0859. The number of carbonyl (C=O) groups is 2. The minimum absolute atomic E-state index is 0.0369. The van der Waals surface area contributed by atoms with E-state index in [0.29, 0.717) is 23.3 Å². The second-order valence-corrected chi connectivity index (χ2v) is 14.9. The molecular weight excluding hydrogens is 659 g/mol. The summed E-state index contributed by atoms with van der Waals surface area (Å²) < 4.78 is 36.8. The number of sulfonamides is 1. The summed E-state index contributed by atoms with van der Waals surface area (Å²) in [5.41, 5.74) is 2.47. The molecular formula is C37H43N5O7S. The van der Waals surface area contributed by atoms with Crippen LogP contribution in [0.1, 0.15) is 71.3 Å². The first kappa shape index (κ1) is 36.1. The Bertz CT molecular complexity index is 2160. The Kier molecular flexibility index (Phi) is 10.4. The molecule has 0 unspecified atom stereocenters. The van der Waals surface area contributed by atoms with Gasteiger partial charge in [-0.25, -0.2) is 17.9 Å². The number of aromatic nitrogens is 1.